The summed E-state index contributed by atoms with van der Waals surface area (Å²) < 4.78 is 14.6. The van der Waals surface area contributed by atoms with Crippen molar-refractivity contribution in [2.24, 2.45) is 22.8 Å². The average Bonchev–Trinajstić information content (AvgIpc) is 3.43. The van der Waals surface area contributed by atoms with Crippen LogP contribution in [0.4, 0.5) is 4.39 Å². The van der Waals surface area contributed by atoms with Gasteiger partial charge in [0.1, 0.15) is 6.17 Å². The number of alkyl halides is 1. The molecule has 9 nitrogen and oxygen atoms in total. The highest BCUT2D eigenvalue weighted by molar-refractivity contribution is 5.94. The molecule has 5 unspecified atom stereocenters. The van der Waals surface area contributed by atoms with Gasteiger partial charge in [-0.05, 0) is 68.2 Å². The molecule has 5 rings (SSSR count). The minimum Gasteiger partial charge on any atom is -0.351 e. The number of amides is 2. The zero-order chi connectivity index (χ0) is 28.1. The second kappa shape index (κ2) is 13.2. The number of hydrogen-bond acceptors (Lipinski definition) is 7. The van der Waals surface area contributed by atoms with Gasteiger partial charge in [-0.25, -0.2) is 4.39 Å². The zero-order valence-corrected chi connectivity index (χ0v) is 23.7. The maximum atomic E-state index is 14.6. The van der Waals surface area contributed by atoms with Gasteiger partial charge in [0.25, 0.3) is 5.91 Å². The molecular formula is C30H48FN7O2. The van der Waals surface area contributed by atoms with Crippen molar-refractivity contribution in [2.45, 2.75) is 81.7 Å². The molecule has 222 valence electrons. The number of carbonyl (C=O) groups excluding carboxylic acids is 2. The summed E-state index contributed by atoms with van der Waals surface area (Å²) in [6.07, 6.45) is 5.80. The van der Waals surface area contributed by atoms with Crippen molar-refractivity contribution in [3.05, 3.63) is 35.4 Å². The van der Waals surface area contributed by atoms with Crippen LogP contribution in [-0.2, 0) is 4.79 Å². The molecule has 0 radical (unpaired) electrons. The van der Waals surface area contributed by atoms with E-state index in [1.807, 2.05) is 29.2 Å². The first-order chi connectivity index (χ1) is 19.3. The fourth-order valence-corrected chi connectivity index (χ4v) is 7.56. The van der Waals surface area contributed by atoms with Crippen LogP contribution in [0.5, 0.6) is 0 Å². The van der Waals surface area contributed by atoms with Crippen molar-refractivity contribution >= 4 is 11.8 Å². The Morgan fingerprint density at radius 2 is 1.70 bits per heavy atom. The molecule has 1 aliphatic carbocycles. The molecule has 1 saturated carbocycles. The molecule has 1 spiro atoms. The fourth-order valence-electron chi connectivity index (χ4n) is 7.56. The summed E-state index contributed by atoms with van der Waals surface area (Å²) >= 11 is 0. The van der Waals surface area contributed by atoms with E-state index in [2.05, 4.69) is 21.3 Å². The summed E-state index contributed by atoms with van der Waals surface area (Å²) in [7, 11) is 0. The number of halogens is 1. The topological polar surface area (TPSA) is 138 Å². The second-order valence-corrected chi connectivity index (χ2v) is 12.5. The van der Waals surface area contributed by atoms with Crippen LogP contribution in [0.1, 0.15) is 73.2 Å². The molecule has 1 aromatic rings. The normalized spacial score (nSPS) is 30.1. The molecule has 40 heavy (non-hydrogen) atoms. The second-order valence-electron chi connectivity index (χ2n) is 12.5. The summed E-state index contributed by atoms with van der Waals surface area (Å²) in [5.41, 5.74) is 14.4. The largest absolute Gasteiger partial charge is 0.351 e. The third-order valence-electron chi connectivity index (χ3n) is 9.86. The number of benzene rings is 1. The van der Waals surface area contributed by atoms with Gasteiger partial charge in [0.2, 0.25) is 5.91 Å². The lowest BCUT2D eigenvalue weighted by Crippen LogP contribution is -2.61. The van der Waals surface area contributed by atoms with Crippen molar-refractivity contribution in [1.29, 1.82) is 0 Å². The lowest BCUT2D eigenvalue weighted by molar-refractivity contribution is -0.128. The summed E-state index contributed by atoms with van der Waals surface area (Å²) in [5.74, 6) is -0.652. The lowest BCUT2D eigenvalue weighted by Gasteiger charge is -2.41. The predicted molar refractivity (Wildman–Crippen MR) is 154 cm³/mol. The van der Waals surface area contributed by atoms with E-state index in [1.54, 1.807) is 0 Å². The molecule has 3 aliphatic heterocycles. The fraction of sp³-hybridized carbons (Fsp3) is 0.733. The highest BCUT2D eigenvalue weighted by Crippen LogP contribution is 2.47. The number of nitrogens with one attached hydrogen (secondary N) is 4. The number of carbonyl (C=O) groups is 2. The number of piperidine rings is 1. The molecule has 0 bridgehead atoms. The number of hydrogen-bond donors (Lipinski definition) is 6. The molecule has 4 fully saturated rings. The maximum absolute atomic E-state index is 14.6. The van der Waals surface area contributed by atoms with Gasteiger partial charge in [-0.1, -0.05) is 25.0 Å². The Balaban J connectivity index is 1.28. The highest BCUT2D eigenvalue weighted by Gasteiger charge is 2.43. The van der Waals surface area contributed by atoms with Crippen LogP contribution >= 0.6 is 0 Å². The Morgan fingerprint density at radius 1 is 0.975 bits per heavy atom. The molecule has 0 aromatic heterocycles. The van der Waals surface area contributed by atoms with Crippen LogP contribution in [0.2, 0.25) is 0 Å². The minimum atomic E-state index is -0.925. The summed E-state index contributed by atoms with van der Waals surface area (Å²) in [5, 5.41) is 13.3. The Hall–Kier alpha value is -2.11. The minimum absolute atomic E-state index is 0.0604. The Labute approximate surface area is 237 Å². The van der Waals surface area contributed by atoms with E-state index in [0.29, 0.717) is 18.5 Å². The molecule has 5 atom stereocenters. The molecule has 2 amide bonds. The van der Waals surface area contributed by atoms with Crippen LogP contribution in [0.3, 0.4) is 0 Å². The van der Waals surface area contributed by atoms with Gasteiger partial charge in [0.15, 0.2) is 0 Å². The number of piperazine rings is 1. The number of nitrogens with two attached hydrogens (primary N) is 2. The quantitative estimate of drug-likeness (QED) is 0.289. The smallest absolute Gasteiger partial charge is 0.253 e. The van der Waals surface area contributed by atoms with Crippen molar-refractivity contribution in [3.8, 4) is 0 Å². The summed E-state index contributed by atoms with van der Waals surface area (Å²) in [4.78, 5) is 28.7. The van der Waals surface area contributed by atoms with E-state index in [0.717, 1.165) is 83.2 Å². The monoisotopic (exact) mass is 557 g/mol. The Bertz CT molecular complexity index is 994. The van der Waals surface area contributed by atoms with E-state index in [-0.39, 0.29) is 41.8 Å². The van der Waals surface area contributed by atoms with Crippen LogP contribution in [0.25, 0.3) is 0 Å². The lowest BCUT2D eigenvalue weighted by atomic mass is 9.72. The highest BCUT2D eigenvalue weighted by atomic mass is 19.1. The van der Waals surface area contributed by atoms with Crippen LogP contribution in [0, 0.1) is 11.3 Å². The van der Waals surface area contributed by atoms with E-state index >= 15 is 0 Å². The molecule has 10 heteroatoms. The van der Waals surface area contributed by atoms with Crippen molar-refractivity contribution in [3.63, 3.8) is 0 Å². The van der Waals surface area contributed by atoms with Gasteiger partial charge in [0.05, 0.1) is 12.1 Å². The van der Waals surface area contributed by atoms with Gasteiger partial charge < -0.3 is 37.6 Å². The number of nitrogens with zero attached hydrogens (tertiary/aromatic N) is 1. The predicted octanol–water partition coefficient (Wildman–Crippen LogP) is 1.19. The van der Waals surface area contributed by atoms with Gasteiger partial charge >= 0.3 is 0 Å². The molecule has 3 heterocycles. The first-order valence-electron chi connectivity index (χ1n) is 15.3. The first kappa shape index (κ1) is 29.4. The van der Waals surface area contributed by atoms with Crippen molar-refractivity contribution in [2.75, 3.05) is 45.8 Å². The Morgan fingerprint density at radius 3 is 2.40 bits per heavy atom. The molecule has 3 saturated heterocycles. The van der Waals surface area contributed by atoms with Crippen molar-refractivity contribution in [1.82, 2.24) is 26.2 Å². The third-order valence-corrected chi connectivity index (χ3v) is 9.86. The summed E-state index contributed by atoms with van der Waals surface area (Å²) in [6, 6.07) is 7.47. The van der Waals surface area contributed by atoms with Crippen LogP contribution in [-0.4, -0.2) is 86.9 Å². The average molecular weight is 558 g/mol. The van der Waals surface area contributed by atoms with Gasteiger partial charge in [-0.15, -0.1) is 0 Å². The molecule has 8 N–H and O–H groups in total. The third kappa shape index (κ3) is 6.85. The van der Waals surface area contributed by atoms with Crippen molar-refractivity contribution < 1.29 is 14.0 Å². The van der Waals surface area contributed by atoms with E-state index in [9.17, 15) is 14.0 Å². The van der Waals surface area contributed by atoms with E-state index in [1.165, 1.54) is 0 Å². The van der Waals surface area contributed by atoms with Gasteiger partial charge in [-0.2, -0.15) is 0 Å². The number of rotatable bonds is 6. The summed E-state index contributed by atoms with van der Waals surface area (Å²) in [6.45, 7) is 4.79. The SMILES string of the molecule is NC(N)C(C(=O)NC1CNCCC1c1ccc(C(=O)N2CCNCC2)cc1)C1CC2(CCCC2)CCC(F)CN1. The van der Waals surface area contributed by atoms with Crippen LogP contribution in [0.15, 0.2) is 24.3 Å². The molecule has 4 aliphatic rings. The Kier molecular flexibility index (Phi) is 9.73. The zero-order valence-electron chi connectivity index (χ0n) is 23.7. The maximum Gasteiger partial charge on any atom is 0.253 e. The van der Waals surface area contributed by atoms with E-state index < -0.39 is 18.3 Å². The molecule has 1 aromatic carbocycles. The van der Waals surface area contributed by atoms with E-state index in [4.69, 9.17) is 11.5 Å². The molecular weight excluding hydrogens is 509 g/mol. The standard InChI is InChI=1S/C30H48FN7O2/c31-22-7-11-30(9-1-2-10-30)17-24(36-18-22)26(27(32)33)28(39)37-25-19-35-12-8-23(25)20-3-5-21(6-4-20)29(40)38-15-13-34-14-16-38/h3-6,22-27,34-36H,1-2,7-19,32-33H2,(H,37,39). The van der Waals surface area contributed by atoms with Crippen LogP contribution < -0.4 is 32.7 Å². The van der Waals surface area contributed by atoms with Gasteiger partial charge in [-0.3, -0.25) is 9.59 Å². The first-order valence-corrected chi connectivity index (χ1v) is 15.3. The van der Waals surface area contributed by atoms with Gasteiger partial charge in [0, 0.05) is 62.8 Å².